The second kappa shape index (κ2) is 6.74. The van der Waals surface area contributed by atoms with Crippen LogP contribution in [0, 0.1) is 0 Å². The highest BCUT2D eigenvalue weighted by Gasteiger charge is 2.03. The van der Waals surface area contributed by atoms with Gasteiger partial charge in [-0.3, -0.25) is 10.4 Å². The van der Waals surface area contributed by atoms with Crippen LogP contribution in [0.25, 0.3) is 11.0 Å². The van der Waals surface area contributed by atoms with E-state index in [0.717, 1.165) is 22.3 Å². The van der Waals surface area contributed by atoms with Crippen LogP contribution in [0.4, 0.5) is 5.82 Å². The molecule has 2 aromatic carbocycles. The molecule has 1 heterocycles. The Morgan fingerprint density at radius 1 is 1.04 bits per heavy atom. The number of rotatable bonds is 5. The van der Waals surface area contributed by atoms with E-state index in [-0.39, 0.29) is 0 Å². The SMILES string of the molecule is COc1ccc(/C=N/Nc2cnc3ccccc3n2)c(OC)c1. The van der Waals surface area contributed by atoms with E-state index in [2.05, 4.69) is 20.5 Å². The quantitative estimate of drug-likeness (QED) is 0.579. The van der Waals surface area contributed by atoms with Gasteiger partial charge in [-0.25, -0.2) is 4.98 Å². The van der Waals surface area contributed by atoms with E-state index in [1.165, 1.54) is 0 Å². The van der Waals surface area contributed by atoms with Gasteiger partial charge in [0.25, 0.3) is 0 Å². The lowest BCUT2D eigenvalue weighted by Crippen LogP contribution is -1.97. The molecule has 6 nitrogen and oxygen atoms in total. The van der Waals surface area contributed by atoms with E-state index in [9.17, 15) is 0 Å². The van der Waals surface area contributed by atoms with Gasteiger partial charge in [0.05, 0.1) is 37.7 Å². The predicted octanol–water partition coefficient (Wildman–Crippen LogP) is 3.09. The van der Waals surface area contributed by atoms with Crippen molar-refractivity contribution in [2.45, 2.75) is 0 Å². The Morgan fingerprint density at radius 3 is 2.65 bits per heavy atom. The third kappa shape index (κ3) is 3.37. The Balaban J connectivity index is 1.77. The number of hydrogen-bond acceptors (Lipinski definition) is 6. The van der Waals surface area contributed by atoms with Crippen molar-refractivity contribution in [1.82, 2.24) is 9.97 Å². The Bertz CT molecular complexity index is 849. The zero-order valence-electron chi connectivity index (χ0n) is 12.9. The fourth-order valence-electron chi connectivity index (χ4n) is 2.10. The summed E-state index contributed by atoms with van der Waals surface area (Å²) in [7, 11) is 3.22. The predicted molar refractivity (Wildman–Crippen MR) is 90.3 cm³/mol. The topological polar surface area (TPSA) is 68.6 Å². The summed E-state index contributed by atoms with van der Waals surface area (Å²) >= 11 is 0. The number of para-hydroxylation sites is 2. The number of benzene rings is 2. The van der Waals surface area contributed by atoms with Gasteiger partial charge in [-0.2, -0.15) is 5.10 Å². The third-order valence-electron chi connectivity index (χ3n) is 3.27. The lowest BCUT2D eigenvalue weighted by Gasteiger charge is -2.07. The first-order valence-electron chi connectivity index (χ1n) is 7.03. The van der Waals surface area contributed by atoms with Crippen molar-refractivity contribution in [2.75, 3.05) is 19.6 Å². The largest absolute Gasteiger partial charge is 0.497 e. The van der Waals surface area contributed by atoms with E-state index < -0.39 is 0 Å². The molecule has 0 spiro atoms. The summed E-state index contributed by atoms with van der Waals surface area (Å²) in [5, 5.41) is 4.18. The molecular weight excluding hydrogens is 292 g/mol. The first-order chi connectivity index (χ1) is 11.3. The smallest absolute Gasteiger partial charge is 0.165 e. The summed E-state index contributed by atoms with van der Waals surface area (Å²) in [6.07, 6.45) is 3.31. The third-order valence-corrected chi connectivity index (χ3v) is 3.27. The molecule has 0 saturated heterocycles. The molecule has 6 heteroatoms. The average Bonchev–Trinajstić information content (AvgIpc) is 2.61. The summed E-state index contributed by atoms with van der Waals surface area (Å²) in [5.74, 6) is 1.99. The highest BCUT2D eigenvalue weighted by atomic mass is 16.5. The second-order valence-corrected chi connectivity index (χ2v) is 4.72. The van der Waals surface area contributed by atoms with Crippen LogP contribution in [0.1, 0.15) is 5.56 Å². The second-order valence-electron chi connectivity index (χ2n) is 4.72. The summed E-state index contributed by atoms with van der Waals surface area (Å²) < 4.78 is 10.5. The Labute approximate surface area is 133 Å². The van der Waals surface area contributed by atoms with Gasteiger partial charge in [-0.15, -0.1) is 0 Å². The molecule has 0 aliphatic carbocycles. The first kappa shape index (κ1) is 14.8. The molecule has 0 radical (unpaired) electrons. The van der Waals surface area contributed by atoms with Crippen molar-refractivity contribution in [3.63, 3.8) is 0 Å². The number of aromatic nitrogens is 2. The number of hydrogen-bond donors (Lipinski definition) is 1. The molecule has 0 fully saturated rings. The van der Waals surface area contributed by atoms with Crippen LogP contribution < -0.4 is 14.9 Å². The maximum atomic E-state index is 5.32. The van der Waals surface area contributed by atoms with Gasteiger partial charge in [0.2, 0.25) is 0 Å². The zero-order valence-corrected chi connectivity index (χ0v) is 12.9. The Hall–Kier alpha value is -3.15. The molecule has 1 aromatic heterocycles. The van der Waals surface area contributed by atoms with Crippen LogP contribution in [-0.4, -0.2) is 30.4 Å². The van der Waals surface area contributed by atoms with Gasteiger partial charge in [0.15, 0.2) is 5.82 Å². The van der Waals surface area contributed by atoms with Gasteiger partial charge in [-0.05, 0) is 24.3 Å². The molecule has 0 aliphatic rings. The van der Waals surface area contributed by atoms with Gasteiger partial charge < -0.3 is 9.47 Å². The number of anilines is 1. The molecular formula is C17H16N4O2. The maximum Gasteiger partial charge on any atom is 0.165 e. The van der Waals surface area contributed by atoms with Crippen LogP contribution in [0.2, 0.25) is 0 Å². The molecule has 0 unspecified atom stereocenters. The average molecular weight is 308 g/mol. The molecule has 3 rings (SSSR count). The summed E-state index contributed by atoms with van der Waals surface area (Å²) in [6, 6.07) is 13.2. The minimum atomic E-state index is 0.576. The van der Waals surface area contributed by atoms with Crippen LogP contribution in [0.5, 0.6) is 11.5 Å². The van der Waals surface area contributed by atoms with Gasteiger partial charge in [0, 0.05) is 11.6 Å². The van der Waals surface area contributed by atoms with Crippen LogP contribution in [-0.2, 0) is 0 Å². The molecule has 0 atom stereocenters. The molecule has 1 N–H and O–H groups in total. The van der Waals surface area contributed by atoms with Crippen LogP contribution >= 0.6 is 0 Å². The number of hydrazone groups is 1. The van der Waals surface area contributed by atoms with Gasteiger partial charge >= 0.3 is 0 Å². The standard InChI is InChI=1S/C17H16N4O2/c1-22-13-8-7-12(16(9-13)23-2)10-19-21-17-11-18-14-5-3-4-6-15(14)20-17/h3-11H,1-2H3,(H,20,21)/b19-10+. The summed E-state index contributed by atoms with van der Waals surface area (Å²) in [6.45, 7) is 0. The number of nitrogens with zero attached hydrogens (tertiary/aromatic N) is 3. The van der Waals surface area contributed by atoms with Gasteiger partial charge in [-0.1, -0.05) is 12.1 Å². The van der Waals surface area contributed by atoms with Gasteiger partial charge in [0.1, 0.15) is 11.5 Å². The Morgan fingerprint density at radius 2 is 1.87 bits per heavy atom. The fraction of sp³-hybridized carbons (Fsp3) is 0.118. The number of methoxy groups -OCH3 is 2. The molecule has 0 bridgehead atoms. The first-order valence-corrected chi connectivity index (χ1v) is 7.03. The highest BCUT2D eigenvalue weighted by Crippen LogP contribution is 2.23. The van der Waals surface area contributed by atoms with Crippen molar-refractivity contribution in [2.24, 2.45) is 5.10 Å². The van der Waals surface area contributed by atoms with Crippen molar-refractivity contribution < 1.29 is 9.47 Å². The number of ether oxygens (including phenoxy) is 2. The number of fused-ring (bicyclic) bond motifs is 1. The molecule has 0 amide bonds. The molecule has 23 heavy (non-hydrogen) atoms. The van der Waals surface area contributed by atoms with E-state index in [4.69, 9.17) is 9.47 Å². The molecule has 0 saturated carbocycles. The fourth-order valence-corrected chi connectivity index (χ4v) is 2.10. The minimum Gasteiger partial charge on any atom is -0.497 e. The van der Waals surface area contributed by atoms with E-state index in [1.807, 2.05) is 36.4 Å². The summed E-state index contributed by atoms with van der Waals surface area (Å²) in [5.41, 5.74) is 5.36. The monoisotopic (exact) mass is 308 g/mol. The molecule has 116 valence electrons. The normalized spacial score (nSPS) is 10.9. The number of nitrogens with one attached hydrogen (secondary N) is 1. The molecule has 0 aliphatic heterocycles. The summed E-state index contributed by atoms with van der Waals surface area (Å²) in [4.78, 5) is 8.76. The van der Waals surface area contributed by atoms with Crippen molar-refractivity contribution >= 4 is 23.1 Å². The van der Waals surface area contributed by atoms with Crippen LogP contribution in [0.3, 0.4) is 0 Å². The van der Waals surface area contributed by atoms with E-state index >= 15 is 0 Å². The maximum absolute atomic E-state index is 5.32. The zero-order chi connectivity index (χ0) is 16.1. The van der Waals surface area contributed by atoms with E-state index in [0.29, 0.717) is 11.6 Å². The van der Waals surface area contributed by atoms with Crippen LogP contribution in [0.15, 0.2) is 53.8 Å². The van der Waals surface area contributed by atoms with Crippen molar-refractivity contribution in [3.05, 3.63) is 54.2 Å². The van der Waals surface area contributed by atoms with Crippen molar-refractivity contribution in [1.29, 1.82) is 0 Å². The Kier molecular flexibility index (Phi) is 4.33. The lowest BCUT2D eigenvalue weighted by atomic mass is 10.2. The lowest BCUT2D eigenvalue weighted by molar-refractivity contribution is 0.394. The molecule has 3 aromatic rings. The van der Waals surface area contributed by atoms with E-state index in [1.54, 1.807) is 32.7 Å². The highest BCUT2D eigenvalue weighted by molar-refractivity contribution is 5.84. The minimum absolute atomic E-state index is 0.576. The van der Waals surface area contributed by atoms with Crippen molar-refractivity contribution in [3.8, 4) is 11.5 Å².